The lowest BCUT2D eigenvalue weighted by atomic mass is 10.2. The second kappa shape index (κ2) is 6.86. The maximum atomic E-state index is 11.7. The number of carbonyl (C=O) groups is 1. The number of rotatable bonds is 4. The van der Waals surface area contributed by atoms with E-state index in [2.05, 4.69) is 30.7 Å². The van der Waals surface area contributed by atoms with Gasteiger partial charge in [0.15, 0.2) is 0 Å². The zero-order chi connectivity index (χ0) is 16.9. The maximum absolute atomic E-state index is 11.7. The van der Waals surface area contributed by atoms with E-state index in [9.17, 15) is 4.79 Å². The highest BCUT2D eigenvalue weighted by Gasteiger charge is 2.12. The lowest BCUT2D eigenvalue weighted by Gasteiger charge is -2.10. The molecule has 3 rings (SSSR count). The Morgan fingerprint density at radius 3 is 2.62 bits per heavy atom. The molecule has 0 fully saturated rings. The standard InChI is InChI=1S/C16H16N6O2/c1-10(2)19-16(23)20-12-5-3-11(4-6-12)14-21-15(24-22-14)13-9-17-7-8-18-13/h3-10H,1-2H3,(H2,19,20,23). The largest absolute Gasteiger partial charge is 0.336 e. The van der Waals surface area contributed by atoms with Gasteiger partial charge >= 0.3 is 6.03 Å². The quantitative estimate of drug-likeness (QED) is 0.764. The summed E-state index contributed by atoms with van der Waals surface area (Å²) in [6.07, 6.45) is 4.68. The molecule has 2 amide bonds. The normalized spacial score (nSPS) is 10.6. The van der Waals surface area contributed by atoms with Crippen molar-refractivity contribution in [3.63, 3.8) is 0 Å². The molecule has 0 aliphatic heterocycles. The number of anilines is 1. The zero-order valence-corrected chi connectivity index (χ0v) is 13.2. The van der Waals surface area contributed by atoms with Gasteiger partial charge in [-0.15, -0.1) is 0 Å². The van der Waals surface area contributed by atoms with Gasteiger partial charge in [0.05, 0.1) is 6.20 Å². The molecule has 8 nitrogen and oxygen atoms in total. The van der Waals surface area contributed by atoms with Gasteiger partial charge in [0, 0.05) is 29.7 Å². The van der Waals surface area contributed by atoms with E-state index in [1.807, 2.05) is 13.8 Å². The molecule has 0 aliphatic carbocycles. The molecule has 1 aromatic carbocycles. The molecule has 24 heavy (non-hydrogen) atoms. The Labute approximate surface area is 138 Å². The number of hydrogen-bond acceptors (Lipinski definition) is 6. The van der Waals surface area contributed by atoms with Crippen molar-refractivity contribution in [1.29, 1.82) is 0 Å². The summed E-state index contributed by atoms with van der Waals surface area (Å²) in [4.78, 5) is 24.0. The van der Waals surface area contributed by atoms with Gasteiger partial charge < -0.3 is 15.2 Å². The first kappa shape index (κ1) is 15.6. The van der Waals surface area contributed by atoms with Crippen LogP contribution in [0.1, 0.15) is 13.8 Å². The smallest absolute Gasteiger partial charge is 0.319 e. The van der Waals surface area contributed by atoms with E-state index in [0.717, 1.165) is 5.56 Å². The van der Waals surface area contributed by atoms with E-state index in [4.69, 9.17) is 4.52 Å². The van der Waals surface area contributed by atoms with Crippen LogP contribution in [0.15, 0.2) is 47.4 Å². The number of benzene rings is 1. The predicted molar refractivity (Wildman–Crippen MR) is 88.1 cm³/mol. The first-order chi connectivity index (χ1) is 11.6. The molecule has 2 heterocycles. The van der Waals surface area contributed by atoms with Crippen molar-refractivity contribution in [3.8, 4) is 23.0 Å². The van der Waals surface area contributed by atoms with Crippen LogP contribution < -0.4 is 10.6 Å². The van der Waals surface area contributed by atoms with Crippen LogP contribution in [-0.2, 0) is 0 Å². The number of nitrogens with one attached hydrogen (secondary N) is 2. The number of urea groups is 1. The summed E-state index contributed by atoms with van der Waals surface area (Å²) < 4.78 is 5.20. The minimum atomic E-state index is -0.248. The number of amides is 2. The number of nitrogens with zero attached hydrogens (tertiary/aromatic N) is 4. The van der Waals surface area contributed by atoms with Crippen LogP contribution >= 0.6 is 0 Å². The Bertz CT molecular complexity index is 814. The monoisotopic (exact) mass is 324 g/mol. The molecule has 0 atom stereocenters. The highest BCUT2D eigenvalue weighted by Crippen LogP contribution is 2.21. The van der Waals surface area contributed by atoms with E-state index >= 15 is 0 Å². The molecular formula is C16H16N6O2. The Morgan fingerprint density at radius 1 is 1.17 bits per heavy atom. The second-order valence-corrected chi connectivity index (χ2v) is 5.34. The fourth-order valence-corrected chi connectivity index (χ4v) is 1.99. The van der Waals surface area contributed by atoms with Crippen LogP contribution in [0.25, 0.3) is 23.0 Å². The van der Waals surface area contributed by atoms with Crippen LogP contribution in [0.4, 0.5) is 10.5 Å². The van der Waals surface area contributed by atoms with Crippen molar-refractivity contribution < 1.29 is 9.32 Å². The third kappa shape index (κ3) is 3.72. The van der Waals surface area contributed by atoms with Crippen LogP contribution in [0.2, 0.25) is 0 Å². The molecule has 0 saturated carbocycles. The molecule has 8 heteroatoms. The third-order valence-corrected chi connectivity index (χ3v) is 3.03. The minimum Gasteiger partial charge on any atom is -0.336 e. The van der Waals surface area contributed by atoms with Crippen molar-refractivity contribution >= 4 is 11.7 Å². The number of carbonyl (C=O) groups excluding carboxylic acids is 1. The van der Waals surface area contributed by atoms with Crippen molar-refractivity contribution in [2.24, 2.45) is 0 Å². The lowest BCUT2D eigenvalue weighted by molar-refractivity contribution is 0.250. The topological polar surface area (TPSA) is 106 Å². The number of aromatic nitrogens is 4. The zero-order valence-electron chi connectivity index (χ0n) is 13.2. The van der Waals surface area contributed by atoms with Gasteiger partial charge in [0.25, 0.3) is 5.89 Å². The second-order valence-electron chi connectivity index (χ2n) is 5.34. The molecular weight excluding hydrogens is 308 g/mol. The molecule has 0 unspecified atom stereocenters. The van der Waals surface area contributed by atoms with E-state index in [-0.39, 0.29) is 12.1 Å². The summed E-state index contributed by atoms with van der Waals surface area (Å²) in [5.41, 5.74) is 1.96. The molecule has 2 aromatic heterocycles. The fourth-order valence-electron chi connectivity index (χ4n) is 1.99. The Balaban J connectivity index is 1.72. The van der Waals surface area contributed by atoms with Crippen molar-refractivity contribution in [3.05, 3.63) is 42.9 Å². The first-order valence-electron chi connectivity index (χ1n) is 7.40. The Hall–Kier alpha value is -3.29. The van der Waals surface area contributed by atoms with E-state index in [1.165, 1.54) is 0 Å². The van der Waals surface area contributed by atoms with Crippen LogP contribution in [0.3, 0.4) is 0 Å². The highest BCUT2D eigenvalue weighted by atomic mass is 16.5. The molecule has 0 saturated heterocycles. The summed E-state index contributed by atoms with van der Waals surface area (Å²) >= 11 is 0. The van der Waals surface area contributed by atoms with Crippen molar-refractivity contribution in [2.45, 2.75) is 19.9 Å². The molecule has 122 valence electrons. The molecule has 0 aliphatic rings. The van der Waals surface area contributed by atoms with Crippen LogP contribution in [0, 0.1) is 0 Å². The molecule has 3 aromatic rings. The number of hydrogen-bond donors (Lipinski definition) is 2. The average molecular weight is 324 g/mol. The van der Waals surface area contributed by atoms with Gasteiger partial charge in [0.1, 0.15) is 5.69 Å². The van der Waals surface area contributed by atoms with Gasteiger partial charge in [-0.25, -0.2) is 9.78 Å². The third-order valence-electron chi connectivity index (χ3n) is 3.03. The van der Waals surface area contributed by atoms with Gasteiger partial charge in [-0.1, -0.05) is 5.16 Å². The van der Waals surface area contributed by atoms with Gasteiger partial charge in [0.2, 0.25) is 5.82 Å². The molecule has 0 bridgehead atoms. The summed E-state index contributed by atoms with van der Waals surface area (Å²) in [5, 5.41) is 9.45. The van der Waals surface area contributed by atoms with E-state index in [1.54, 1.807) is 42.9 Å². The van der Waals surface area contributed by atoms with Gasteiger partial charge in [-0.05, 0) is 38.1 Å². The SMILES string of the molecule is CC(C)NC(=O)Nc1ccc(-c2noc(-c3cnccn3)n2)cc1. The molecule has 0 spiro atoms. The minimum absolute atomic E-state index is 0.0723. The Kier molecular flexibility index (Phi) is 4.46. The summed E-state index contributed by atoms with van der Waals surface area (Å²) in [5.74, 6) is 0.741. The first-order valence-corrected chi connectivity index (χ1v) is 7.40. The Morgan fingerprint density at radius 2 is 1.96 bits per heavy atom. The van der Waals surface area contributed by atoms with Gasteiger partial charge in [-0.2, -0.15) is 4.98 Å². The van der Waals surface area contributed by atoms with Crippen LogP contribution in [0.5, 0.6) is 0 Å². The van der Waals surface area contributed by atoms with E-state index in [0.29, 0.717) is 23.1 Å². The summed E-state index contributed by atoms with van der Waals surface area (Å²) in [6.45, 7) is 3.79. The summed E-state index contributed by atoms with van der Waals surface area (Å²) in [6, 6.07) is 6.97. The summed E-state index contributed by atoms with van der Waals surface area (Å²) in [7, 11) is 0. The van der Waals surface area contributed by atoms with Crippen LogP contribution in [-0.4, -0.2) is 32.2 Å². The van der Waals surface area contributed by atoms with Crippen molar-refractivity contribution in [2.75, 3.05) is 5.32 Å². The fraction of sp³-hybridized carbons (Fsp3) is 0.188. The van der Waals surface area contributed by atoms with Crippen molar-refractivity contribution in [1.82, 2.24) is 25.4 Å². The van der Waals surface area contributed by atoms with E-state index < -0.39 is 0 Å². The lowest BCUT2D eigenvalue weighted by Crippen LogP contribution is -2.34. The van der Waals surface area contributed by atoms with Gasteiger partial charge in [-0.3, -0.25) is 4.98 Å². The highest BCUT2D eigenvalue weighted by molar-refractivity contribution is 5.89. The maximum Gasteiger partial charge on any atom is 0.319 e. The average Bonchev–Trinajstić information content (AvgIpc) is 3.05. The predicted octanol–water partition coefficient (Wildman–Crippen LogP) is 2.72. The molecule has 2 N–H and O–H groups in total. The molecule has 0 radical (unpaired) electrons.